The highest BCUT2D eigenvalue weighted by Gasteiger charge is 2.18. The van der Waals surface area contributed by atoms with Crippen molar-refractivity contribution in [3.8, 4) is 0 Å². The second-order valence-electron chi connectivity index (χ2n) is 4.31. The molecule has 0 atom stereocenters. The normalized spacial score (nSPS) is 17.2. The lowest BCUT2D eigenvalue weighted by Gasteiger charge is -2.28. The van der Waals surface area contributed by atoms with Crippen LogP contribution in [0.25, 0.3) is 10.9 Å². The molecule has 18 heavy (non-hydrogen) atoms. The first-order valence-corrected chi connectivity index (χ1v) is 7.33. The smallest absolute Gasteiger partial charge is 0.139 e. The maximum absolute atomic E-state index is 11.4. The molecule has 1 aliphatic heterocycles. The van der Waals surface area contributed by atoms with E-state index in [-0.39, 0.29) is 0 Å². The second-order valence-corrected chi connectivity index (χ2v) is 6.01. The number of nitrogens with zero attached hydrogens (tertiary/aromatic N) is 3. The Bertz CT molecular complexity index is 606. The van der Waals surface area contributed by atoms with E-state index in [0.29, 0.717) is 17.2 Å². The zero-order valence-corrected chi connectivity index (χ0v) is 10.7. The van der Waals surface area contributed by atoms with Crippen LogP contribution in [-0.4, -0.2) is 38.8 Å². The van der Waals surface area contributed by atoms with Crippen LogP contribution in [-0.2, 0) is 10.8 Å². The number of fused-ring (bicyclic) bond motifs is 1. The molecule has 3 rings (SSSR count). The third-order valence-electron chi connectivity index (χ3n) is 3.12. The average Bonchev–Trinajstić information content (AvgIpc) is 2.38. The van der Waals surface area contributed by atoms with Crippen molar-refractivity contribution >= 4 is 33.2 Å². The van der Waals surface area contributed by atoms with Crippen LogP contribution >= 0.6 is 0 Å². The molecule has 1 saturated heterocycles. The van der Waals surface area contributed by atoms with Gasteiger partial charge in [0.15, 0.2) is 0 Å². The van der Waals surface area contributed by atoms with Gasteiger partial charge in [0.05, 0.1) is 5.52 Å². The fourth-order valence-electron chi connectivity index (χ4n) is 2.16. The highest BCUT2D eigenvalue weighted by atomic mass is 32.2. The Morgan fingerprint density at radius 1 is 1.22 bits per heavy atom. The predicted octanol–water partition coefficient (Wildman–Crippen LogP) is 0.781. The van der Waals surface area contributed by atoms with Gasteiger partial charge in [0.25, 0.3) is 0 Å². The van der Waals surface area contributed by atoms with Crippen molar-refractivity contribution in [2.45, 2.75) is 0 Å². The lowest BCUT2D eigenvalue weighted by atomic mass is 10.2. The van der Waals surface area contributed by atoms with Gasteiger partial charge in [-0.05, 0) is 18.2 Å². The highest BCUT2D eigenvalue weighted by molar-refractivity contribution is 7.85. The first kappa shape index (κ1) is 11.4. The number of hydrogen-bond donors (Lipinski definition) is 1. The third kappa shape index (κ3) is 2.03. The molecule has 0 radical (unpaired) electrons. The van der Waals surface area contributed by atoms with Crippen molar-refractivity contribution in [2.75, 3.05) is 35.2 Å². The Balaban J connectivity index is 2.03. The minimum absolute atomic E-state index is 0.677. The summed E-state index contributed by atoms with van der Waals surface area (Å²) < 4.78 is 11.4. The minimum atomic E-state index is -0.677. The predicted molar refractivity (Wildman–Crippen MR) is 74.0 cm³/mol. The first-order chi connectivity index (χ1) is 8.74. The largest absolute Gasteiger partial charge is 0.399 e. The topological polar surface area (TPSA) is 72.1 Å². The standard InChI is InChI=1S/C12H14N4OS/c13-9-1-2-10-11(7-9)14-8-15-12(10)16-3-5-18(17)6-4-16/h1-2,7-8H,3-6,13H2. The van der Waals surface area contributed by atoms with Gasteiger partial charge in [-0.1, -0.05) is 0 Å². The summed E-state index contributed by atoms with van der Waals surface area (Å²) in [6.45, 7) is 1.56. The molecule has 0 bridgehead atoms. The van der Waals surface area contributed by atoms with E-state index in [1.807, 2.05) is 18.2 Å². The molecule has 0 saturated carbocycles. The average molecular weight is 262 g/mol. The summed E-state index contributed by atoms with van der Waals surface area (Å²) in [6.07, 6.45) is 1.56. The molecule has 6 heteroatoms. The van der Waals surface area contributed by atoms with E-state index in [1.165, 1.54) is 0 Å². The van der Waals surface area contributed by atoms with Crippen molar-refractivity contribution < 1.29 is 4.21 Å². The molecular formula is C12H14N4OS. The summed E-state index contributed by atoms with van der Waals surface area (Å²) in [5.74, 6) is 2.33. The number of anilines is 2. The van der Waals surface area contributed by atoms with Crippen LogP contribution in [0.2, 0.25) is 0 Å². The van der Waals surface area contributed by atoms with Crippen molar-refractivity contribution in [1.82, 2.24) is 9.97 Å². The quantitative estimate of drug-likeness (QED) is 0.769. The third-order valence-corrected chi connectivity index (χ3v) is 4.39. The molecule has 94 valence electrons. The first-order valence-electron chi connectivity index (χ1n) is 5.84. The maximum atomic E-state index is 11.4. The number of nitrogens with two attached hydrogens (primary N) is 1. The van der Waals surface area contributed by atoms with Crippen LogP contribution in [0.3, 0.4) is 0 Å². The van der Waals surface area contributed by atoms with Crippen molar-refractivity contribution in [3.05, 3.63) is 24.5 Å². The highest BCUT2D eigenvalue weighted by Crippen LogP contribution is 2.25. The van der Waals surface area contributed by atoms with Gasteiger partial charge in [0, 0.05) is 46.5 Å². The molecule has 5 nitrogen and oxygen atoms in total. The van der Waals surface area contributed by atoms with E-state index in [4.69, 9.17) is 5.73 Å². The van der Waals surface area contributed by atoms with Crippen LogP contribution < -0.4 is 10.6 Å². The number of nitrogen functional groups attached to an aromatic ring is 1. The molecule has 2 heterocycles. The number of benzene rings is 1. The molecule has 0 amide bonds. The number of hydrogen-bond acceptors (Lipinski definition) is 5. The van der Waals surface area contributed by atoms with Gasteiger partial charge in [-0.25, -0.2) is 9.97 Å². The number of aromatic nitrogens is 2. The van der Waals surface area contributed by atoms with Gasteiger partial charge in [0.2, 0.25) is 0 Å². The fourth-order valence-corrected chi connectivity index (χ4v) is 3.21. The summed E-state index contributed by atoms with van der Waals surface area (Å²) in [5, 5.41) is 0.999. The van der Waals surface area contributed by atoms with Crippen molar-refractivity contribution in [3.63, 3.8) is 0 Å². The summed E-state index contributed by atoms with van der Waals surface area (Å²) in [5.41, 5.74) is 7.31. The van der Waals surface area contributed by atoms with E-state index >= 15 is 0 Å². The maximum Gasteiger partial charge on any atom is 0.139 e. The van der Waals surface area contributed by atoms with Crippen LogP contribution in [0.1, 0.15) is 0 Å². The Kier molecular flexibility index (Phi) is 2.87. The van der Waals surface area contributed by atoms with Crippen molar-refractivity contribution in [1.29, 1.82) is 0 Å². The van der Waals surface area contributed by atoms with Gasteiger partial charge < -0.3 is 10.6 Å². The van der Waals surface area contributed by atoms with Crippen LogP contribution in [0.5, 0.6) is 0 Å². The van der Waals surface area contributed by atoms with E-state index < -0.39 is 10.8 Å². The second kappa shape index (κ2) is 4.53. The lowest BCUT2D eigenvalue weighted by Crippen LogP contribution is -2.38. The molecule has 1 aromatic carbocycles. The van der Waals surface area contributed by atoms with Crippen LogP contribution in [0, 0.1) is 0 Å². The zero-order chi connectivity index (χ0) is 12.5. The molecule has 2 aromatic rings. The van der Waals surface area contributed by atoms with Gasteiger partial charge in [-0.3, -0.25) is 4.21 Å². The molecule has 1 fully saturated rings. The van der Waals surface area contributed by atoms with Gasteiger partial charge in [0.1, 0.15) is 12.1 Å². The van der Waals surface area contributed by atoms with E-state index in [0.717, 1.165) is 29.8 Å². The molecule has 0 spiro atoms. The van der Waals surface area contributed by atoms with Crippen molar-refractivity contribution in [2.24, 2.45) is 0 Å². The lowest BCUT2D eigenvalue weighted by molar-refractivity contribution is 0.672. The Morgan fingerprint density at radius 3 is 2.78 bits per heavy atom. The molecule has 0 unspecified atom stereocenters. The monoisotopic (exact) mass is 262 g/mol. The van der Waals surface area contributed by atoms with Gasteiger partial charge in [-0.2, -0.15) is 0 Å². The molecule has 1 aromatic heterocycles. The summed E-state index contributed by atoms with van der Waals surface area (Å²) in [7, 11) is -0.677. The zero-order valence-electron chi connectivity index (χ0n) is 9.87. The Hall–Kier alpha value is -1.69. The van der Waals surface area contributed by atoms with E-state index in [2.05, 4.69) is 14.9 Å². The molecule has 1 aliphatic rings. The Labute approximate surface area is 107 Å². The molecule has 2 N–H and O–H groups in total. The van der Waals surface area contributed by atoms with Gasteiger partial charge >= 0.3 is 0 Å². The summed E-state index contributed by atoms with van der Waals surface area (Å²) in [6, 6.07) is 5.66. The Morgan fingerprint density at radius 2 is 2.00 bits per heavy atom. The summed E-state index contributed by atoms with van der Waals surface area (Å²) in [4.78, 5) is 10.8. The number of rotatable bonds is 1. The van der Waals surface area contributed by atoms with E-state index in [9.17, 15) is 4.21 Å². The minimum Gasteiger partial charge on any atom is -0.399 e. The van der Waals surface area contributed by atoms with E-state index in [1.54, 1.807) is 6.33 Å². The van der Waals surface area contributed by atoms with Crippen LogP contribution in [0.15, 0.2) is 24.5 Å². The summed E-state index contributed by atoms with van der Waals surface area (Å²) >= 11 is 0. The fraction of sp³-hybridized carbons (Fsp3) is 0.333. The van der Waals surface area contributed by atoms with Crippen LogP contribution in [0.4, 0.5) is 11.5 Å². The van der Waals surface area contributed by atoms with Gasteiger partial charge in [-0.15, -0.1) is 0 Å². The molecule has 0 aliphatic carbocycles. The SMILES string of the molecule is Nc1ccc2c(N3CCS(=O)CC3)ncnc2c1. The molecular weight excluding hydrogens is 248 g/mol.